The molecule has 6 nitrogen and oxygen atoms in total. The topological polar surface area (TPSA) is 82.1 Å². The highest BCUT2D eigenvalue weighted by atomic mass is 16.6. The molecule has 0 bridgehead atoms. The maximum absolute atomic E-state index is 12.9. The maximum Gasteiger partial charge on any atom is 0.340 e. The molecule has 0 radical (unpaired) electrons. The molecule has 1 unspecified atom stereocenters. The molecule has 2 aliphatic heterocycles. The second kappa shape index (κ2) is 13.9. The summed E-state index contributed by atoms with van der Waals surface area (Å²) in [6, 6.07) is 17.2. The van der Waals surface area contributed by atoms with Gasteiger partial charge in [0.05, 0.1) is 5.56 Å². The third-order valence-corrected chi connectivity index (χ3v) is 8.38. The lowest BCUT2D eigenvalue weighted by Gasteiger charge is -2.36. The van der Waals surface area contributed by atoms with Gasteiger partial charge in [0.25, 0.3) is 0 Å². The van der Waals surface area contributed by atoms with Crippen LogP contribution in [0.4, 0.5) is 0 Å². The summed E-state index contributed by atoms with van der Waals surface area (Å²) in [6.45, 7) is 2.26. The fourth-order valence-corrected chi connectivity index (χ4v) is 6.18. The predicted molar refractivity (Wildman–Crippen MR) is 162 cm³/mol. The van der Waals surface area contributed by atoms with E-state index in [-0.39, 0.29) is 11.7 Å². The van der Waals surface area contributed by atoms with E-state index in [9.17, 15) is 14.7 Å². The van der Waals surface area contributed by atoms with Gasteiger partial charge in [-0.3, -0.25) is 4.79 Å². The minimum Gasteiger partial charge on any atom is -0.508 e. The molecule has 6 heteroatoms. The fraction of sp³-hybridized carbons (Fsp3) is 0.444. The number of hydrogen-bond acceptors (Lipinski definition) is 6. The first-order chi connectivity index (χ1) is 20.5. The van der Waals surface area contributed by atoms with Crippen LogP contribution in [0, 0.1) is 0 Å². The predicted octanol–water partition coefficient (Wildman–Crippen LogP) is 9.35. The molecule has 0 fully saturated rings. The Morgan fingerprint density at radius 3 is 2.02 bits per heavy atom. The van der Waals surface area contributed by atoms with Crippen LogP contribution >= 0.6 is 0 Å². The van der Waals surface area contributed by atoms with Gasteiger partial charge in [0.15, 0.2) is 5.60 Å². The van der Waals surface area contributed by atoms with E-state index in [1.807, 2.05) is 12.1 Å². The highest BCUT2D eigenvalue weighted by Crippen LogP contribution is 2.56. The Balaban J connectivity index is 1.14. The van der Waals surface area contributed by atoms with Crippen LogP contribution in [0.15, 0.2) is 60.7 Å². The van der Waals surface area contributed by atoms with Gasteiger partial charge in [0.2, 0.25) is 0 Å². The zero-order chi connectivity index (χ0) is 29.4. The number of phenols is 1. The van der Waals surface area contributed by atoms with Crippen LogP contribution in [0.2, 0.25) is 0 Å². The van der Waals surface area contributed by atoms with Crippen molar-refractivity contribution in [1.82, 2.24) is 0 Å². The Kier molecular flexibility index (Phi) is 9.83. The number of ether oxygens (including phenoxy) is 3. The summed E-state index contributed by atoms with van der Waals surface area (Å²) >= 11 is 0. The van der Waals surface area contributed by atoms with E-state index in [0.717, 1.165) is 19.3 Å². The average molecular weight is 571 g/mol. The average Bonchev–Trinajstić information content (AvgIpc) is 3.27. The van der Waals surface area contributed by atoms with Crippen molar-refractivity contribution >= 4 is 11.9 Å². The number of esters is 2. The molecule has 1 N–H and O–H groups in total. The van der Waals surface area contributed by atoms with Crippen LogP contribution in [-0.4, -0.2) is 17.0 Å². The van der Waals surface area contributed by atoms with E-state index in [0.29, 0.717) is 45.9 Å². The Morgan fingerprint density at radius 2 is 1.33 bits per heavy atom. The molecule has 0 aromatic heterocycles. The van der Waals surface area contributed by atoms with Gasteiger partial charge >= 0.3 is 11.9 Å². The van der Waals surface area contributed by atoms with Gasteiger partial charge in [-0.05, 0) is 36.8 Å². The van der Waals surface area contributed by atoms with Crippen LogP contribution in [0.1, 0.15) is 124 Å². The van der Waals surface area contributed by atoms with E-state index < -0.39 is 11.6 Å². The summed E-state index contributed by atoms with van der Waals surface area (Å²) in [5, 5.41) is 10.1. The smallest absolute Gasteiger partial charge is 0.340 e. The first-order valence-electron chi connectivity index (χ1n) is 15.7. The molecule has 42 heavy (non-hydrogen) atoms. The minimum atomic E-state index is -1.22. The molecule has 2 aliphatic rings. The second-order valence-electron chi connectivity index (χ2n) is 11.5. The molecule has 0 saturated heterocycles. The quantitative estimate of drug-likeness (QED) is 0.111. The Morgan fingerprint density at radius 1 is 0.738 bits per heavy atom. The molecular formula is C36H42O6. The number of carbonyl (C=O) groups excluding carboxylic acids is 2. The van der Waals surface area contributed by atoms with Crippen molar-refractivity contribution in [2.24, 2.45) is 0 Å². The Bertz CT molecular complexity index is 1400. The van der Waals surface area contributed by atoms with Crippen LogP contribution in [0.25, 0.3) is 0 Å². The van der Waals surface area contributed by atoms with Crippen molar-refractivity contribution in [2.45, 2.75) is 102 Å². The van der Waals surface area contributed by atoms with Crippen LogP contribution < -0.4 is 9.47 Å². The molecule has 0 aliphatic carbocycles. The lowest BCUT2D eigenvalue weighted by atomic mass is 9.77. The van der Waals surface area contributed by atoms with E-state index >= 15 is 0 Å². The van der Waals surface area contributed by atoms with Crippen molar-refractivity contribution in [3.63, 3.8) is 0 Å². The Hall–Kier alpha value is -3.80. The van der Waals surface area contributed by atoms with Crippen LogP contribution in [-0.2, 0) is 15.1 Å². The van der Waals surface area contributed by atoms with E-state index in [1.165, 1.54) is 70.3 Å². The summed E-state index contributed by atoms with van der Waals surface area (Å²) in [6.07, 6.45) is 16.6. The number of benzene rings is 3. The lowest BCUT2D eigenvalue weighted by Crippen LogP contribution is -2.33. The summed E-state index contributed by atoms with van der Waals surface area (Å²) < 4.78 is 17.9. The van der Waals surface area contributed by atoms with Gasteiger partial charge in [-0.25, -0.2) is 4.79 Å². The van der Waals surface area contributed by atoms with Crippen molar-refractivity contribution in [2.75, 3.05) is 0 Å². The molecule has 1 spiro atoms. The number of rotatable bonds is 15. The summed E-state index contributed by atoms with van der Waals surface area (Å²) in [4.78, 5) is 25.5. The van der Waals surface area contributed by atoms with Crippen LogP contribution in [0.5, 0.6) is 23.0 Å². The second-order valence-corrected chi connectivity index (χ2v) is 11.5. The normalized spacial score (nSPS) is 16.4. The first-order valence-corrected chi connectivity index (χ1v) is 15.7. The SMILES string of the molecule is CCCCCCCCCCCCCCCC(=O)Oc1ccc2c(c1)Oc1cc(O)ccc1C21OC(=O)c2ccccc21. The van der Waals surface area contributed by atoms with Gasteiger partial charge in [0, 0.05) is 35.2 Å². The third-order valence-electron chi connectivity index (χ3n) is 8.38. The first kappa shape index (κ1) is 29.7. The standard InChI is InChI=1S/C36H42O6/c1-2-3-4-5-6-7-8-9-10-11-12-13-14-19-34(38)40-27-21-23-31-33(25-27)41-32-24-26(37)20-22-30(32)36(31)29-18-16-15-17-28(29)35(39)42-36/h15-18,20-25,37H,2-14,19H2,1H3. The van der Waals surface area contributed by atoms with Gasteiger partial charge in [-0.15, -0.1) is 0 Å². The Labute approximate surface area is 249 Å². The molecule has 5 rings (SSSR count). The number of unbranched alkanes of at least 4 members (excludes halogenated alkanes) is 12. The molecule has 222 valence electrons. The van der Waals surface area contributed by atoms with Gasteiger partial charge in [-0.1, -0.05) is 102 Å². The van der Waals surface area contributed by atoms with Crippen molar-refractivity contribution < 1.29 is 28.9 Å². The largest absolute Gasteiger partial charge is 0.508 e. The zero-order valence-corrected chi connectivity index (χ0v) is 24.7. The molecule has 3 aromatic carbocycles. The molecule has 0 saturated carbocycles. The number of aromatic hydroxyl groups is 1. The van der Waals surface area contributed by atoms with Crippen molar-refractivity contribution in [3.8, 4) is 23.0 Å². The number of hydrogen-bond donors (Lipinski definition) is 1. The van der Waals surface area contributed by atoms with E-state index in [2.05, 4.69) is 6.92 Å². The molecule has 3 aromatic rings. The number of fused-ring (bicyclic) bond motifs is 6. The molecular weight excluding hydrogens is 528 g/mol. The number of phenolic OH excluding ortho intramolecular Hbond substituents is 1. The zero-order valence-electron chi connectivity index (χ0n) is 24.7. The summed E-state index contributed by atoms with van der Waals surface area (Å²) in [7, 11) is 0. The molecule has 2 heterocycles. The van der Waals surface area contributed by atoms with Crippen LogP contribution in [0.3, 0.4) is 0 Å². The molecule has 0 amide bonds. The fourth-order valence-electron chi connectivity index (χ4n) is 6.18. The van der Waals surface area contributed by atoms with Crippen molar-refractivity contribution in [1.29, 1.82) is 0 Å². The third kappa shape index (κ3) is 6.48. The highest BCUT2D eigenvalue weighted by Gasteiger charge is 2.53. The summed E-state index contributed by atoms with van der Waals surface area (Å²) in [5.41, 5.74) is 1.23. The van der Waals surface area contributed by atoms with Gasteiger partial charge < -0.3 is 19.3 Å². The monoisotopic (exact) mass is 570 g/mol. The summed E-state index contributed by atoms with van der Waals surface area (Å²) in [5.74, 6) is 0.478. The minimum absolute atomic E-state index is 0.0327. The lowest BCUT2D eigenvalue weighted by molar-refractivity contribution is -0.134. The molecule has 1 atom stereocenters. The van der Waals surface area contributed by atoms with Gasteiger partial charge in [0.1, 0.15) is 23.0 Å². The maximum atomic E-state index is 12.9. The van der Waals surface area contributed by atoms with Gasteiger partial charge in [-0.2, -0.15) is 0 Å². The number of carbonyl (C=O) groups is 2. The highest BCUT2D eigenvalue weighted by molar-refractivity contribution is 5.97. The van der Waals surface area contributed by atoms with Crippen molar-refractivity contribution in [3.05, 3.63) is 82.9 Å². The van der Waals surface area contributed by atoms with E-state index in [1.54, 1.807) is 42.5 Å². The van der Waals surface area contributed by atoms with E-state index in [4.69, 9.17) is 14.2 Å².